The number of rotatable bonds is 7. The largest absolute Gasteiger partial charge is 0.508 e. The predicted octanol–water partition coefficient (Wildman–Crippen LogP) is 2.98. The van der Waals surface area contributed by atoms with Gasteiger partial charge in [0.2, 0.25) is 0 Å². The summed E-state index contributed by atoms with van der Waals surface area (Å²) < 4.78 is 16.2. The molecule has 1 aliphatic carbocycles. The molecule has 2 atom stereocenters. The second kappa shape index (κ2) is 7.10. The van der Waals surface area contributed by atoms with Crippen LogP contribution in [0.4, 0.5) is 0 Å². The SMILES string of the molecule is CCO[P+](=O)CCCCC1=CC(N)CC1. The molecule has 0 amide bonds. The van der Waals surface area contributed by atoms with Crippen molar-refractivity contribution in [3.8, 4) is 0 Å². The smallest absolute Gasteiger partial charge is 0.324 e. The van der Waals surface area contributed by atoms with Crippen LogP contribution in [0.1, 0.15) is 39.0 Å². The zero-order valence-electron chi connectivity index (χ0n) is 9.45. The summed E-state index contributed by atoms with van der Waals surface area (Å²) in [6, 6.07) is 0.278. The van der Waals surface area contributed by atoms with E-state index in [0.29, 0.717) is 12.8 Å². The van der Waals surface area contributed by atoms with Gasteiger partial charge >= 0.3 is 8.03 Å². The molecule has 86 valence electrons. The Kier molecular flexibility index (Phi) is 6.07. The molecule has 0 aromatic heterocycles. The molecule has 1 rings (SSSR count). The maximum atomic E-state index is 11.2. The maximum absolute atomic E-state index is 11.2. The molecular weight excluding hydrogens is 209 g/mol. The van der Waals surface area contributed by atoms with Crippen LogP contribution in [0.3, 0.4) is 0 Å². The standard InChI is InChI=1S/C11H21NO2P/c1-2-14-15(13)8-4-3-5-10-6-7-11(12)9-10/h9,11H,2-8,12H2,1H3/q+1. The molecule has 0 bridgehead atoms. The number of nitrogens with two attached hydrogens (primary N) is 1. The van der Waals surface area contributed by atoms with E-state index < -0.39 is 8.03 Å². The second-order valence-electron chi connectivity index (χ2n) is 3.96. The quantitative estimate of drug-likeness (QED) is 0.415. The van der Waals surface area contributed by atoms with Gasteiger partial charge in [-0.3, -0.25) is 0 Å². The normalized spacial score (nSPS) is 21.6. The molecule has 0 saturated carbocycles. The highest BCUT2D eigenvalue weighted by molar-refractivity contribution is 7.39. The molecule has 4 heteroatoms. The molecule has 2 N–H and O–H groups in total. The maximum Gasteiger partial charge on any atom is 0.508 e. The average Bonchev–Trinajstić information content (AvgIpc) is 2.60. The lowest BCUT2D eigenvalue weighted by atomic mass is 10.1. The van der Waals surface area contributed by atoms with E-state index in [2.05, 4.69) is 6.08 Å². The van der Waals surface area contributed by atoms with Crippen LogP contribution in [-0.4, -0.2) is 18.8 Å². The first-order valence-corrected chi connectivity index (χ1v) is 7.11. The van der Waals surface area contributed by atoms with Gasteiger partial charge in [0.25, 0.3) is 0 Å². The van der Waals surface area contributed by atoms with Crippen molar-refractivity contribution in [1.82, 2.24) is 0 Å². The third-order valence-corrected chi connectivity index (χ3v) is 3.84. The molecule has 0 radical (unpaired) electrons. The summed E-state index contributed by atoms with van der Waals surface area (Å²) in [4.78, 5) is 0. The van der Waals surface area contributed by atoms with Crippen molar-refractivity contribution < 1.29 is 9.09 Å². The minimum absolute atomic E-state index is 0.278. The van der Waals surface area contributed by atoms with E-state index in [9.17, 15) is 4.57 Å². The lowest BCUT2D eigenvalue weighted by molar-refractivity contribution is 0.349. The van der Waals surface area contributed by atoms with Gasteiger partial charge in [0.1, 0.15) is 0 Å². The van der Waals surface area contributed by atoms with Crippen LogP contribution in [0.2, 0.25) is 0 Å². The molecule has 2 unspecified atom stereocenters. The highest BCUT2D eigenvalue weighted by atomic mass is 31.1. The summed E-state index contributed by atoms with van der Waals surface area (Å²) in [6.07, 6.45) is 8.34. The molecule has 0 fully saturated rings. The van der Waals surface area contributed by atoms with Crippen molar-refractivity contribution >= 4 is 8.03 Å². The summed E-state index contributed by atoms with van der Waals surface area (Å²) >= 11 is 0. The minimum Gasteiger partial charge on any atom is -0.324 e. The zero-order chi connectivity index (χ0) is 11.1. The van der Waals surface area contributed by atoms with E-state index in [0.717, 1.165) is 32.1 Å². The summed E-state index contributed by atoms with van der Waals surface area (Å²) in [5.74, 6) is 0. The lowest BCUT2D eigenvalue weighted by Gasteiger charge is -1.97. The fraction of sp³-hybridized carbons (Fsp3) is 0.818. The highest BCUT2D eigenvalue weighted by Crippen LogP contribution is 2.26. The fourth-order valence-corrected chi connectivity index (χ4v) is 2.73. The van der Waals surface area contributed by atoms with Crippen LogP contribution in [0, 0.1) is 0 Å². The van der Waals surface area contributed by atoms with Crippen molar-refractivity contribution in [3.05, 3.63) is 11.6 Å². The number of allylic oxidation sites excluding steroid dienone is 1. The highest BCUT2D eigenvalue weighted by Gasteiger charge is 2.16. The van der Waals surface area contributed by atoms with E-state index in [1.807, 2.05) is 6.92 Å². The summed E-state index contributed by atoms with van der Waals surface area (Å²) in [5.41, 5.74) is 7.25. The van der Waals surface area contributed by atoms with Crippen LogP contribution < -0.4 is 5.73 Å². The van der Waals surface area contributed by atoms with E-state index >= 15 is 0 Å². The van der Waals surface area contributed by atoms with Gasteiger partial charge < -0.3 is 5.73 Å². The molecule has 0 spiro atoms. The molecule has 0 aromatic carbocycles. The minimum atomic E-state index is -1.41. The third-order valence-electron chi connectivity index (χ3n) is 2.61. The van der Waals surface area contributed by atoms with Crippen molar-refractivity contribution in [2.75, 3.05) is 12.8 Å². The van der Waals surface area contributed by atoms with Crippen LogP contribution in [-0.2, 0) is 9.09 Å². The number of hydrogen-bond acceptors (Lipinski definition) is 3. The molecule has 0 heterocycles. The Morgan fingerprint density at radius 2 is 2.40 bits per heavy atom. The van der Waals surface area contributed by atoms with Crippen LogP contribution in [0.25, 0.3) is 0 Å². The van der Waals surface area contributed by atoms with Gasteiger partial charge in [-0.1, -0.05) is 11.6 Å². The molecule has 0 saturated heterocycles. The van der Waals surface area contributed by atoms with Crippen molar-refractivity contribution in [3.63, 3.8) is 0 Å². The predicted molar refractivity (Wildman–Crippen MR) is 63.2 cm³/mol. The van der Waals surface area contributed by atoms with Crippen molar-refractivity contribution in [2.45, 2.75) is 45.1 Å². The van der Waals surface area contributed by atoms with Crippen molar-refractivity contribution in [1.29, 1.82) is 0 Å². The third kappa shape index (κ3) is 5.41. The molecule has 3 nitrogen and oxygen atoms in total. The molecule has 1 aliphatic rings. The molecule has 0 aliphatic heterocycles. The zero-order valence-corrected chi connectivity index (χ0v) is 10.3. The average molecular weight is 230 g/mol. The Morgan fingerprint density at radius 3 is 3.00 bits per heavy atom. The summed E-state index contributed by atoms with van der Waals surface area (Å²) in [5, 5.41) is 0. The molecular formula is C11H21NO2P+. The van der Waals surface area contributed by atoms with Gasteiger partial charge in [0.05, 0.1) is 6.61 Å². The molecule has 0 aromatic rings. The van der Waals surface area contributed by atoms with E-state index in [4.69, 9.17) is 10.3 Å². The Bertz CT molecular complexity index is 241. The van der Waals surface area contributed by atoms with E-state index in [1.165, 1.54) is 5.57 Å². The summed E-state index contributed by atoms with van der Waals surface area (Å²) in [7, 11) is -1.41. The van der Waals surface area contributed by atoms with Crippen LogP contribution >= 0.6 is 8.03 Å². The first-order chi connectivity index (χ1) is 7.22. The Labute approximate surface area is 92.9 Å². The van der Waals surface area contributed by atoms with Gasteiger partial charge in [-0.15, -0.1) is 4.52 Å². The van der Waals surface area contributed by atoms with Gasteiger partial charge in [0, 0.05) is 6.04 Å². The Balaban J connectivity index is 2.02. The monoisotopic (exact) mass is 230 g/mol. The van der Waals surface area contributed by atoms with Gasteiger partial charge in [-0.05, 0) is 43.6 Å². The fourth-order valence-electron chi connectivity index (χ4n) is 1.83. The Hall–Kier alpha value is -0.240. The van der Waals surface area contributed by atoms with Crippen molar-refractivity contribution in [2.24, 2.45) is 5.73 Å². The van der Waals surface area contributed by atoms with Gasteiger partial charge in [-0.2, -0.15) is 0 Å². The second-order valence-corrected chi connectivity index (χ2v) is 5.33. The van der Waals surface area contributed by atoms with Crippen LogP contribution in [0.15, 0.2) is 11.6 Å². The molecule has 15 heavy (non-hydrogen) atoms. The topological polar surface area (TPSA) is 52.3 Å². The first-order valence-electron chi connectivity index (χ1n) is 5.75. The van der Waals surface area contributed by atoms with E-state index in [1.54, 1.807) is 0 Å². The van der Waals surface area contributed by atoms with E-state index in [-0.39, 0.29) is 6.04 Å². The summed E-state index contributed by atoms with van der Waals surface area (Å²) in [6.45, 7) is 2.42. The Morgan fingerprint density at radius 1 is 1.60 bits per heavy atom. The lowest BCUT2D eigenvalue weighted by Crippen LogP contribution is -2.11. The van der Waals surface area contributed by atoms with Crippen LogP contribution in [0.5, 0.6) is 0 Å². The number of unbranched alkanes of at least 4 members (excludes halogenated alkanes) is 1. The first kappa shape index (κ1) is 12.8. The van der Waals surface area contributed by atoms with Gasteiger partial charge in [0.15, 0.2) is 6.16 Å². The number of hydrogen-bond donors (Lipinski definition) is 1. The van der Waals surface area contributed by atoms with Gasteiger partial charge in [-0.25, -0.2) is 0 Å².